The third-order valence-electron chi connectivity index (χ3n) is 3.60. The molecule has 17 heavy (non-hydrogen) atoms. The molecule has 0 aromatic rings. The Bertz CT molecular complexity index is 157. The van der Waals surface area contributed by atoms with Gasteiger partial charge >= 0.3 is 0 Å². The van der Waals surface area contributed by atoms with Gasteiger partial charge in [0.05, 0.1) is 0 Å². The Morgan fingerprint density at radius 2 is 1.35 bits per heavy atom. The Kier molecular flexibility index (Phi) is 11.4. The van der Waals surface area contributed by atoms with Crippen LogP contribution in [-0.2, 0) is 0 Å². The highest BCUT2D eigenvalue weighted by molar-refractivity contribution is 6.25. The number of unbranched alkanes of at least 4 members (excludes halogenated alkanes) is 6. The summed E-state index contributed by atoms with van der Waals surface area (Å²) in [7, 11) is 0.160. The lowest BCUT2D eigenvalue weighted by atomic mass is 9.82. The fraction of sp³-hybridized carbons (Fsp3) is 1.00. The zero-order valence-electron chi connectivity index (χ0n) is 12.2. The molecule has 0 heterocycles. The number of rotatable bonds is 12. The molecule has 0 amide bonds. The van der Waals surface area contributed by atoms with Gasteiger partial charge in [-0.15, -0.1) is 0 Å². The van der Waals surface area contributed by atoms with Crippen LogP contribution < -0.4 is 0 Å². The summed E-state index contributed by atoms with van der Waals surface area (Å²) >= 11 is 0. The second-order valence-electron chi connectivity index (χ2n) is 6.05. The van der Waals surface area contributed by atoms with Crippen LogP contribution in [0.2, 0.25) is 6.04 Å². The quantitative estimate of drug-likeness (QED) is 0.386. The van der Waals surface area contributed by atoms with Gasteiger partial charge in [-0.2, -0.15) is 0 Å². The zero-order chi connectivity index (χ0) is 13.0. The average Bonchev–Trinajstić information content (AvgIpc) is 2.28. The standard InChI is InChI=1S/C15H32OSi/c1-4-5-9-12-15(2,3)13-10-7-6-8-11-14-17-16/h16H,4-14H2,1-3H3. The molecular weight excluding hydrogens is 224 g/mol. The van der Waals surface area contributed by atoms with Gasteiger partial charge in [0.1, 0.15) is 0 Å². The Morgan fingerprint density at radius 3 is 1.94 bits per heavy atom. The van der Waals surface area contributed by atoms with Gasteiger partial charge in [0, 0.05) is 0 Å². The Labute approximate surface area is 111 Å². The third kappa shape index (κ3) is 12.4. The van der Waals surface area contributed by atoms with Crippen molar-refractivity contribution in [3.8, 4) is 0 Å². The monoisotopic (exact) mass is 256 g/mol. The Hall–Kier alpha value is 0.177. The van der Waals surface area contributed by atoms with Crippen LogP contribution in [-0.4, -0.2) is 14.6 Å². The van der Waals surface area contributed by atoms with Crippen molar-refractivity contribution in [2.45, 2.75) is 91.0 Å². The molecule has 0 aromatic heterocycles. The zero-order valence-corrected chi connectivity index (χ0v) is 13.2. The Balaban J connectivity index is 3.32. The van der Waals surface area contributed by atoms with Crippen LogP contribution >= 0.6 is 0 Å². The van der Waals surface area contributed by atoms with E-state index in [-0.39, 0.29) is 9.76 Å². The smallest absolute Gasteiger partial charge is 0.224 e. The normalized spacial score (nSPS) is 12.0. The third-order valence-corrected chi connectivity index (χ3v) is 4.18. The van der Waals surface area contributed by atoms with E-state index in [1.807, 2.05) is 0 Å². The van der Waals surface area contributed by atoms with Gasteiger partial charge < -0.3 is 4.80 Å². The minimum atomic E-state index is 0.160. The van der Waals surface area contributed by atoms with Gasteiger partial charge in [0.15, 0.2) is 0 Å². The maximum atomic E-state index is 8.71. The molecule has 0 unspecified atom stereocenters. The van der Waals surface area contributed by atoms with Gasteiger partial charge in [-0.05, 0) is 24.3 Å². The van der Waals surface area contributed by atoms with Crippen molar-refractivity contribution in [2.24, 2.45) is 5.41 Å². The first-order valence-electron chi connectivity index (χ1n) is 7.49. The summed E-state index contributed by atoms with van der Waals surface area (Å²) in [6.07, 6.45) is 13.6. The van der Waals surface area contributed by atoms with Gasteiger partial charge in [0.2, 0.25) is 9.76 Å². The summed E-state index contributed by atoms with van der Waals surface area (Å²) in [4.78, 5) is 8.71. The molecule has 1 nitrogen and oxygen atoms in total. The number of hydrogen-bond acceptors (Lipinski definition) is 1. The SMILES string of the molecule is CCCCCC(C)(C)CCCCCCC[Si]O. The van der Waals surface area contributed by atoms with Crippen LogP contribution in [0.5, 0.6) is 0 Å². The van der Waals surface area contributed by atoms with Crippen molar-refractivity contribution in [1.29, 1.82) is 0 Å². The van der Waals surface area contributed by atoms with Gasteiger partial charge in [-0.25, -0.2) is 0 Å². The van der Waals surface area contributed by atoms with Crippen molar-refractivity contribution < 1.29 is 4.80 Å². The van der Waals surface area contributed by atoms with E-state index >= 15 is 0 Å². The Morgan fingerprint density at radius 1 is 0.824 bits per heavy atom. The molecule has 0 aromatic carbocycles. The fourth-order valence-electron chi connectivity index (χ4n) is 2.32. The van der Waals surface area contributed by atoms with Crippen LogP contribution in [0.3, 0.4) is 0 Å². The first-order valence-corrected chi connectivity index (χ1v) is 8.65. The van der Waals surface area contributed by atoms with E-state index < -0.39 is 0 Å². The first kappa shape index (κ1) is 17.2. The topological polar surface area (TPSA) is 20.2 Å². The lowest BCUT2D eigenvalue weighted by Crippen LogP contribution is -2.10. The molecule has 2 heteroatoms. The highest BCUT2D eigenvalue weighted by atomic mass is 28.2. The minimum Gasteiger partial charge on any atom is -0.432 e. The molecule has 0 aliphatic carbocycles. The van der Waals surface area contributed by atoms with Crippen molar-refractivity contribution in [2.75, 3.05) is 0 Å². The van der Waals surface area contributed by atoms with E-state index in [9.17, 15) is 0 Å². The molecule has 0 aliphatic rings. The summed E-state index contributed by atoms with van der Waals surface area (Å²) in [5, 5.41) is 0. The van der Waals surface area contributed by atoms with Crippen LogP contribution in [0.1, 0.15) is 85.0 Å². The molecule has 2 radical (unpaired) electrons. The molecule has 102 valence electrons. The van der Waals surface area contributed by atoms with E-state index in [1.165, 1.54) is 64.2 Å². The molecule has 0 fully saturated rings. The molecule has 0 bridgehead atoms. The molecule has 0 atom stereocenters. The fourth-order valence-corrected chi connectivity index (χ4v) is 2.72. The second-order valence-corrected chi connectivity index (χ2v) is 6.86. The summed E-state index contributed by atoms with van der Waals surface area (Å²) < 4.78 is 0. The van der Waals surface area contributed by atoms with E-state index in [2.05, 4.69) is 20.8 Å². The van der Waals surface area contributed by atoms with Crippen molar-refractivity contribution >= 4 is 9.76 Å². The van der Waals surface area contributed by atoms with Crippen LogP contribution in [0.15, 0.2) is 0 Å². The minimum absolute atomic E-state index is 0.160. The van der Waals surface area contributed by atoms with Crippen LogP contribution in [0.4, 0.5) is 0 Å². The predicted molar refractivity (Wildman–Crippen MR) is 78.4 cm³/mol. The molecule has 0 saturated heterocycles. The summed E-state index contributed by atoms with van der Waals surface area (Å²) in [5.74, 6) is 0. The largest absolute Gasteiger partial charge is 0.432 e. The molecule has 0 saturated carbocycles. The van der Waals surface area contributed by atoms with Crippen molar-refractivity contribution in [1.82, 2.24) is 0 Å². The lowest BCUT2D eigenvalue weighted by Gasteiger charge is -2.24. The van der Waals surface area contributed by atoms with E-state index in [0.29, 0.717) is 5.41 Å². The van der Waals surface area contributed by atoms with Gasteiger partial charge in [-0.1, -0.05) is 72.1 Å². The summed E-state index contributed by atoms with van der Waals surface area (Å²) in [5.41, 5.74) is 0.557. The predicted octanol–water partition coefficient (Wildman–Crippen LogP) is 4.96. The highest BCUT2D eigenvalue weighted by Crippen LogP contribution is 2.30. The summed E-state index contributed by atoms with van der Waals surface area (Å²) in [6, 6.07) is 1.02. The lowest BCUT2D eigenvalue weighted by molar-refractivity contribution is 0.283. The average molecular weight is 257 g/mol. The molecule has 0 spiro atoms. The van der Waals surface area contributed by atoms with Crippen molar-refractivity contribution in [3.63, 3.8) is 0 Å². The van der Waals surface area contributed by atoms with Crippen LogP contribution in [0, 0.1) is 5.41 Å². The summed E-state index contributed by atoms with van der Waals surface area (Å²) in [6.45, 7) is 7.13. The van der Waals surface area contributed by atoms with E-state index in [1.54, 1.807) is 0 Å². The molecule has 0 aliphatic heterocycles. The maximum absolute atomic E-state index is 8.71. The van der Waals surface area contributed by atoms with Crippen LogP contribution in [0.25, 0.3) is 0 Å². The van der Waals surface area contributed by atoms with E-state index in [0.717, 1.165) is 6.04 Å². The maximum Gasteiger partial charge on any atom is 0.224 e. The first-order chi connectivity index (χ1) is 8.12. The number of hydrogen-bond donors (Lipinski definition) is 1. The molecule has 1 N–H and O–H groups in total. The molecule has 0 rings (SSSR count). The van der Waals surface area contributed by atoms with Gasteiger partial charge in [0.25, 0.3) is 0 Å². The second kappa shape index (κ2) is 11.3. The molecular formula is C15H32OSi. The van der Waals surface area contributed by atoms with Crippen molar-refractivity contribution in [3.05, 3.63) is 0 Å². The highest BCUT2D eigenvalue weighted by Gasteiger charge is 2.16. The van der Waals surface area contributed by atoms with E-state index in [4.69, 9.17) is 4.80 Å². The van der Waals surface area contributed by atoms with Gasteiger partial charge in [-0.3, -0.25) is 0 Å².